The molecule has 2 heterocycles. The van der Waals surface area contributed by atoms with Gasteiger partial charge in [-0.3, -0.25) is 19.7 Å². The van der Waals surface area contributed by atoms with Crippen molar-refractivity contribution in [1.29, 1.82) is 0 Å². The first-order chi connectivity index (χ1) is 17.3. The molecular formula is C25H21ClN4O5S. The highest BCUT2D eigenvalue weighted by atomic mass is 35.5. The molecule has 3 aromatic rings. The van der Waals surface area contributed by atoms with E-state index in [2.05, 4.69) is 15.6 Å². The summed E-state index contributed by atoms with van der Waals surface area (Å²) in [5.74, 6) is -2.37. The van der Waals surface area contributed by atoms with Crippen LogP contribution in [0.15, 0.2) is 64.6 Å². The molecule has 2 aromatic carbocycles. The van der Waals surface area contributed by atoms with Crippen molar-refractivity contribution in [2.45, 2.75) is 20.3 Å². The second kappa shape index (κ2) is 10.7. The lowest BCUT2D eigenvalue weighted by atomic mass is 10.2. The van der Waals surface area contributed by atoms with E-state index in [4.69, 9.17) is 16.3 Å². The third-order valence-corrected chi connectivity index (χ3v) is 6.26. The molecule has 1 aliphatic rings. The average molecular weight is 525 g/mol. The maximum Gasteiger partial charge on any atom is 0.338 e. The van der Waals surface area contributed by atoms with E-state index in [1.54, 1.807) is 24.3 Å². The zero-order valence-electron chi connectivity index (χ0n) is 19.3. The normalized spacial score (nSPS) is 13.2. The fourth-order valence-electron chi connectivity index (χ4n) is 3.36. The summed E-state index contributed by atoms with van der Waals surface area (Å²) in [6, 6.07) is 12.4. The van der Waals surface area contributed by atoms with Crippen LogP contribution < -0.4 is 15.5 Å². The third-order valence-electron chi connectivity index (χ3n) is 5.04. The molecule has 2 N–H and O–H groups in total. The van der Waals surface area contributed by atoms with Gasteiger partial charge in [0.1, 0.15) is 10.7 Å². The molecule has 0 unspecified atom stereocenters. The predicted octanol–water partition coefficient (Wildman–Crippen LogP) is 4.71. The minimum atomic E-state index is -0.740. The van der Waals surface area contributed by atoms with Crippen molar-refractivity contribution in [1.82, 2.24) is 4.98 Å². The van der Waals surface area contributed by atoms with E-state index in [0.29, 0.717) is 22.8 Å². The second-order valence-electron chi connectivity index (χ2n) is 7.77. The minimum Gasteiger partial charge on any atom is -0.462 e. The molecule has 1 aromatic heterocycles. The highest BCUT2D eigenvalue weighted by Gasteiger charge is 2.39. The van der Waals surface area contributed by atoms with Crippen molar-refractivity contribution in [2.75, 3.05) is 22.1 Å². The number of carbonyl (C=O) groups excluding carboxylic acids is 4. The van der Waals surface area contributed by atoms with Gasteiger partial charge in [0.25, 0.3) is 17.7 Å². The van der Waals surface area contributed by atoms with Crippen molar-refractivity contribution in [3.8, 4) is 0 Å². The summed E-state index contributed by atoms with van der Waals surface area (Å²) in [7, 11) is 0. The molecular weight excluding hydrogens is 504 g/mol. The Morgan fingerprint density at radius 2 is 1.83 bits per heavy atom. The van der Waals surface area contributed by atoms with Crippen LogP contribution in [-0.2, 0) is 14.3 Å². The van der Waals surface area contributed by atoms with Crippen LogP contribution >= 0.6 is 22.9 Å². The molecule has 0 fully saturated rings. The van der Waals surface area contributed by atoms with Gasteiger partial charge in [-0.2, -0.15) is 0 Å². The first-order valence-corrected chi connectivity index (χ1v) is 12.2. The maximum atomic E-state index is 13.1. The molecule has 0 saturated carbocycles. The number of aromatic nitrogens is 1. The number of benzene rings is 2. The van der Waals surface area contributed by atoms with Gasteiger partial charge in [-0.1, -0.05) is 30.7 Å². The van der Waals surface area contributed by atoms with Crippen molar-refractivity contribution in [3.05, 3.63) is 81.5 Å². The number of rotatable bonds is 8. The molecule has 0 atom stereocenters. The van der Waals surface area contributed by atoms with E-state index in [-0.39, 0.29) is 34.5 Å². The number of thiazole rings is 1. The van der Waals surface area contributed by atoms with Crippen molar-refractivity contribution < 1.29 is 23.9 Å². The minimum absolute atomic E-state index is 0.145. The van der Waals surface area contributed by atoms with Gasteiger partial charge in [0.15, 0.2) is 5.13 Å². The fraction of sp³-hybridized carbons (Fsp3) is 0.160. The highest BCUT2D eigenvalue weighted by molar-refractivity contribution is 7.13. The van der Waals surface area contributed by atoms with Crippen LogP contribution in [-0.4, -0.2) is 35.3 Å². The summed E-state index contributed by atoms with van der Waals surface area (Å²) in [6.07, 6.45) is 0.663. The number of carbonyl (C=O) groups is 4. The zero-order valence-corrected chi connectivity index (χ0v) is 20.9. The van der Waals surface area contributed by atoms with Gasteiger partial charge in [-0.05, 0) is 49.7 Å². The van der Waals surface area contributed by atoms with Crippen molar-refractivity contribution in [3.63, 3.8) is 0 Å². The molecule has 0 saturated heterocycles. The summed E-state index contributed by atoms with van der Waals surface area (Å²) in [6.45, 7) is 3.95. The standard InChI is InChI=1S/C25H21ClN4O5S/c1-3-10-35-24(34)16-7-5-9-18(12-16)30-22(32)19(26)20(23(30)33)28-17-8-4-6-15(11-17)21(31)29-25-27-14(2)13-36-25/h4-9,11-13,28H,3,10H2,1-2H3,(H,27,29,31). The van der Waals surface area contributed by atoms with Crippen LogP contribution in [0.2, 0.25) is 0 Å². The van der Waals surface area contributed by atoms with Gasteiger partial charge >= 0.3 is 5.97 Å². The van der Waals surface area contributed by atoms with Gasteiger partial charge in [0.05, 0.1) is 23.6 Å². The SMILES string of the molecule is CCCOC(=O)c1cccc(N2C(=O)C(Cl)=C(Nc3cccc(C(=O)Nc4nc(C)cs4)c3)C2=O)c1. The largest absolute Gasteiger partial charge is 0.462 e. The van der Waals surface area contributed by atoms with Crippen LogP contribution in [0, 0.1) is 6.92 Å². The molecule has 184 valence electrons. The van der Waals surface area contributed by atoms with Crippen molar-refractivity contribution in [2.24, 2.45) is 0 Å². The number of aryl methyl sites for hydroxylation is 1. The summed E-state index contributed by atoms with van der Waals surface area (Å²) >= 11 is 7.54. The number of nitrogens with zero attached hydrogens (tertiary/aromatic N) is 2. The molecule has 0 spiro atoms. The number of anilines is 3. The van der Waals surface area contributed by atoms with Crippen LogP contribution in [0.5, 0.6) is 0 Å². The van der Waals surface area contributed by atoms with E-state index in [1.807, 2.05) is 19.2 Å². The quantitative estimate of drug-likeness (QED) is 0.324. The van der Waals surface area contributed by atoms with E-state index < -0.39 is 17.8 Å². The number of hydrogen-bond acceptors (Lipinski definition) is 8. The Labute approximate surface area is 215 Å². The van der Waals surface area contributed by atoms with E-state index in [0.717, 1.165) is 10.6 Å². The number of nitrogens with one attached hydrogen (secondary N) is 2. The first-order valence-electron chi connectivity index (χ1n) is 10.9. The number of amides is 3. The van der Waals surface area contributed by atoms with Crippen molar-refractivity contribution >= 4 is 63.1 Å². The average Bonchev–Trinajstić information content (AvgIpc) is 3.38. The summed E-state index contributed by atoms with van der Waals surface area (Å²) in [5.41, 5.74) is 1.73. The lowest BCUT2D eigenvalue weighted by Gasteiger charge is -2.16. The Morgan fingerprint density at radius 1 is 1.08 bits per heavy atom. The predicted molar refractivity (Wildman–Crippen MR) is 137 cm³/mol. The van der Waals surface area contributed by atoms with Crippen LogP contribution in [0.1, 0.15) is 39.8 Å². The Hall–Kier alpha value is -4.02. The molecule has 3 amide bonds. The molecule has 0 bridgehead atoms. The van der Waals surface area contributed by atoms with Crippen LogP contribution in [0.4, 0.5) is 16.5 Å². The molecule has 9 nitrogen and oxygen atoms in total. The number of esters is 1. The molecule has 1 aliphatic heterocycles. The lowest BCUT2D eigenvalue weighted by Crippen LogP contribution is -2.32. The van der Waals surface area contributed by atoms with Gasteiger partial charge in [0, 0.05) is 16.6 Å². The molecule has 11 heteroatoms. The number of imide groups is 1. The topological polar surface area (TPSA) is 118 Å². The van der Waals surface area contributed by atoms with Gasteiger partial charge in [-0.15, -0.1) is 11.3 Å². The van der Waals surface area contributed by atoms with Gasteiger partial charge in [0.2, 0.25) is 0 Å². The summed E-state index contributed by atoms with van der Waals surface area (Å²) in [4.78, 5) is 55.9. The second-order valence-corrected chi connectivity index (χ2v) is 9.01. The smallest absolute Gasteiger partial charge is 0.338 e. The number of ether oxygens (including phenoxy) is 1. The highest BCUT2D eigenvalue weighted by Crippen LogP contribution is 2.31. The number of halogens is 1. The van der Waals surface area contributed by atoms with E-state index in [1.165, 1.54) is 35.6 Å². The molecule has 4 rings (SSSR count). The maximum absolute atomic E-state index is 13.1. The van der Waals surface area contributed by atoms with Crippen LogP contribution in [0.25, 0.3) is 0 Å². The Kier molecular flexibility index (Phi) is 7.47. The fourth-order valence-corrected chi connectivity index (χ4v) is 4.25. The summed E-state index contributed by atoms with van der Waals surface area (Å²) < 4.78 is 5.13. The van der Waals surface area contributed by atoms with E-state index >= 15 is 0 Å². The summed E-state index contributed by atoms with van der Waals surface area (Å²) in [5, 5.41) is 7.54. The zero-order chi connectivity index (χ0) is 25.8. The van der Waals surface area contributed by atoms with Gasteiger partial charge < -0.3 is 10.1 Å². The van der Waals surface area contributed by atoms with Gasteiger partial charge in [-0.25, -0.2) is 14.7 Å². The first kappa shape index (κ1) is 25.1. The molecule has 0 radical (unpaired) electrons. The van der Waals surface area contributed by atoms with Crippen LogP contribution in [0.3, 0.4) is 0 Å². The molecule has 36 heavy (non-hydrogen) atoms. The number of hydrogen-bond donors (Lipinski definition) is 2. The molecule has 0 aliphatic carbocycles. The lowest BCUT2D eigenvalue weighted by molar-refractivity contribution is -0.120. The van der Waals surface area contributed by atoms with E-state index in [9.17, 15) is 19.2 Å². The Balaban J connectivity index is 1.52. The third kappa shape index (κ3) is 5.29. The Morgan fingerprint density at radius 3 is 2.56 bits per heavy atom. The Bertz CT molecular complexity index is 1400. The monoisotopic (exact) mass is 524 g/mol.